The summed E-state index contributed by atoms with van der Waals surface area (Å²) in [6.45, 7) is 6.11. The number of thioether (sulfide) groups is 1. The first kappa shape index (κ1) is 20.4. The van der Waals surface area contributed by atoms with Gasteiger partial charge in [-0.25, -0.2) is 4.98 Å². The van der Waals surface area contributed by atoms with Crippen molar-refractivity contribution < 1.29 is 4.79 Å². The summed E-state index contributed by atoms with van der Waals surface area (Å²) in [5, 5.41) is 4.32. The van der Waals surface area contributed by atoms with Crippen molar-refractivity contribution in [1.82, 2.24) is 14.9 Å². The predicted octanol–water partition coefficient (Wildman–Crippen LogP) is 4.43. The molecule has 3 rings (SSSR count). The third-order valence-electron chi connectivity index (χ3n) is 4.32. The summed E-state index contributed by atoms with van der Waals surface area (Å²) < 4.78 is 1.65. The third-order valence-corrected chi connectivity index (χ3v) is 5.64. The average molecular weight is 416 g/mol. The molecule has 5 nitrogen and oxygen atoms in total. The topological polar surface area (TPSA) is 64.0 Å². The zero-order valence-corrected chi connectivity index (χ0v) is 17.6. The lowest BCUT2D eigenvalue weighted by molar-refractivity contribution is -0.120. The maximum Gasteiger partial charge on any atom is 0.262 e. The van der Waals surface area contributed by atoms with E-state index >= 15 is 0 Å². The Morgan fingerprint density at radius 1 is 1.14 bits per heavy atom. The number of nitrogens with zero attached hydrogens (tertiary/aromatic N) is 2. The second-order valence-corrected chi connectivity index (χ2v) is 8.53. The molecule has 7 heteroatoms. The second-order valence-electron chi connectivity index (χ2n) is 6.78. The average Bonchev–Trinajstić information content (AvgIpc) is 2.67. The monoisotopic (exact) mass is 415 g/mol. The van der Waals surface area contributed by atoms with Crippen LogP contribution in [0.3, 0.4) is 0 Å². The van der Waals surface area contributed by atoms with Crippen LogP contribution in [0.25, 0.3) is 10.9 Å². The molecular formula is C21H22ClN3O2S. The van der Waals surface area contributed by atoms with E-state index in [0.29, 0.717) is 27.6 Å². The van der Waals surface area contributed by atoms with Gasteiger partial charge in [-0.3, -0.25) is 14.2 Å². The molecule has 2 aromatic carbocycles. The first-order chi connectivity index (χ1) is 13.4. The Balaban J connectivity index is 1.79. The van der Waals surface area contributed by atoms with Crippen LogP contribution in [0.15, 0.2) is 58.5 Å². The Labute approximate surface area is 173 Å². The maximum atomic E-state index is 12.9. The van der Waals surface area contributed by atoms with Gasteiger partial charge in [0.15, 0.2) is 5.16 Å². The van der Waals surface area contributed by atoms with Gasteiger partial charge in [0.1, 0.15) is 0 Å². The molecule has 1 aromatic heterocycles. The van der Waals surface area contributed by atoms with Gasteiger partial charge in [0.05, 0.1) is 16.2 Å². The van der Waals surface area contributed by atoms with E-state index in [1.807, 2.05) is 51.1 Å². The van der Waals surface area contributed by atoms with E-state index < -0.39 is 5.25 Å². The van der Waals surface area contributed by atoms with Crippen LogP contribution < -0.4 is 10.9 Å². The van der Waals surface area contributed by atoms with Crippen LogP contribution in [0, 0.1) is 0 Å². The molecule has 0 aliphatic heterocycles. The molecule has 0 spiro atoms. The van der Waals surface area contributed by atoms with E-state index in [2.05, 4.69) is 10.3 Å². The molecule has 1 heterocycles. The Morgan fingerprint density at radius 2 is 1.82 bits per heavy atom. The van der Waals surface area contributed by atoms with E-state index in [4.69, 9.17) is 11.6 Å². The lowest BCUT2D eigenvalue weighted by Crippen LogP contribution is -2.32. The fourth-order valence-electron chi connectivity index (χ4n) is 2.81. The van der Waals surface area contributed by atoms with Crippen molar-refractivity contribution >= 4 is 40.2 Å². The number of para-hydroxylation sites is 1. The molecule has 28 heavy (non-hydrogen) atoms. The molecule has 0 bridgehead atoms. The molecule has 0 fully saturated rings. The molecule has 0 aliphatic carbocycles. The number of amides is 1. The quantitative estimate of drug-likeness (QED) is 0.478. The van der Waals surface area contributed by atoms with Gasteiger partial charge in [-0.15, -0.1) is 0 Å². The van der Waals surface area contributed by atoms with Crippen LogP contribution in [-0.4, -0.2) is 20.7 Å². The number of aromatic nitrogens is 2. The Bertz CT molecular complexity index is 1050. The summed E-state index contributed by atoms with van der Waals surface area (Å²) in [4.78, 5) is 30.1. The van der Waals surface area contributed by atoms with Crippen LogP contribution in [0.2, 0.25) is 5.02 Å². The second kappa shape index (κ2) is 8.80. The van der Waals surface area contributed by atoms with Crippen LogP contribution in [-0.2, 0) is 11.3 Å². The van der Waals surface area contributed by atoms with Crippen LogP contribution in [0.4, 0.5) is 0 Å². The smallest absolute Gasteiger partial charge is 0.262 e. The summed E-state index contributed by atoms with van der Waals surface area (Å²) in [6, 6.07) is 14.6. The lowest BCUT2D eigenvalue weighted by atomic mass is 10.2. The number of benzene rings is 2. The minimum absolute atomic E-state index is 0.0589. The van der Waals surface area contributed by atoms with E-state index in [0.717, 1.165) is 5.56 Å². The largest absolute Gasteiger partial charge is 0.351 e. The number of rotatable bonds is 6. The molecule has 1 amide bonds. The first-order valence-electron chi connectivity index (χ1n) is 9.07. The molecule has 0 radical (unpaired) electrons. The summed E-state index contributed by atoms with van der Waals surface area (Å²) in [6.07, 6.45) is 0. The molecule has 0 aliphatic rings. The molecular weight excluding hydrogens is 394 g/mol. The van der Waals surface area contributed by atoms with Gasteiger partial charge in [-0.2, -0.15) is 0 Å². The summed E-state index contributed by atoms with van der Waals surface area (Å²) >= 11 is 7.18. The van der Waals surface area contributed by atoms with Crippen LogP contribution in [0.5, 0.6) is 0 Å². The van der Waals surface area contributed by atoms with Crippen molar-refractivity contribution in [2.24, 2.45) is 0 Å². The number of halogens is 1. The van der Waals surface area contributed by atoms with Gasteiger partial charge >= 0.3 is 0 Å². The highest BCUT2D eigenvalue weighted by Crippen LogP contribution is 2.25. The van der Waals surface area contributed by atoms with Crippen molar-refractivity contribution in [3.8, 4) is 0 Å². The third kappa shape index (κ3) is 4.56. The van der Waals surface area contributed by atoms with E-state index in [9.17, 15) is 9.59 Å². The zero-order valence-electron chi connectivity index (χ0n) is 16.0. The number of carbonyl (C=O) groups is 1. The highest BCUT2D eigenvalue weighted by atomic mass is 35.5. The van der Waals surface area contributed by atoms with Crippen molar-refractivity contribution in [2.75, 3.05) is 0 Å². The van der Waals surface area contributed by atoms with Gasteiger partial charge in [0.2, 0.25) is 5.91 Å². The van der Waals surface area contributed by atoms with Gasteiger partial charge in [0.25, 0.3) is 5.56 Å². The minimum atomic E-state index is -0.398. The minimum Gasteiger partial charge on any atom is -0.351 e. The molecule has 3 aromatic rings. The van der Waals surface area contributed by atoms with Gasteiger partial charge in [-0.05, 0) is 50.6 Å². The molecule has 1 N–H and O–H groups in total. The SMILES string of the molecule is CC(Sc1nc2ccccc2c(=O)n1C(C)C)C(=O)NCc1ccc(Cl)cc1. The zero-order chi connectivity index (χ0) is 20.3. The molecule has 1 unspecified atom stereocenters. The van der Waals surface area contributed by atoms with Crippen LogP contribution >= 0.6 is 23.4 Å². The standard InChI is InChI=1S/C21H22ClN3O2S/c1-13(2)25-20(27)17-6-4-5-7-18(17)24-21(25)28-14(3)19(26)23-12-15-8-10-16(22)11-9-15/h4-11,13-14H,12H2,1-3H3,(H,23,26). The predicted molar refractivity (Wildman–Crippen MR) is 115 cm³/mol. The highest BCUT2D eigenvalue weighted by molar-refractivity contribution is 8.00. The normalized spacial score (nSPS) is 12.3. The van der Waals surface area contributed by atoms with E-state index in [1.165, 1.54) is 11.8 Å². The van der Waals surface area contributed by atoms with Crippen molar-refractivity contribution in [3.63, 3.8) is 0 Å². The van der Waals surface area contributed by atoms with E-state index in [1.54, 1.807) is 22.8 Å². The fraction of sp³-hybridized carbons (Fsp3) is 0.286. The number of hydrogen-bond acceptors (Lipinski definition) is 4. The molecule has 0 saturated carbocycles. The highest BCUT2D eigenvalue weighted by Gasteiger charge is 2.20. The summed E-state index contributed by atoms with van der Waals surface area (Å²) in [5.41, 5.74) is 1.52. The van der Waals surface area contributed by atoms with Crippen molar-refractivity contribution in [1.29, 1.82) is 0 Å². The van der Waals surface area contributed by atoms with Crippen molar-refractivity contribution in [3.05, 3.63) is 69.5 Å². The Morgan fingerprint density at radius 3 is 2.50 bits per heavy atom. The first-order valence-corrected chi connectivity index (χ1v) is 10.3. The Hall–Kier alpha value is -2.31. The van der Waals surface area contributed by atoms with Crippen LogP contribution in [0.1, 0.15) is 32.4 Å². The van der Waals surface area contributed by atoms with Crippen molar-refractivity contribution in [2.45, 2.75) is 43.8 Å². The Kier molecular flexibility index (Phi) is 6.42. The molecule has 1 atom stereocenters. The van der Waals surface area contributed by atoms with Gasteiger partial charge in [-0.1, -0.05) is 47.6 Å². The summed E-state index contributed by atoms with van der Waals surface area (Å²) in [7, 11) is 0. The number of hydrogen-bond donors (Lipinski definition) is 1. The van der Waals surface area contributed by atoms with Gasteiger partial charge < -0.3 is 5.32 Å². The number of nitrogens with one attached hydrogen (secondary N) is 1. The van der Waals surface area contributed by atoms with Gasteiger partial charge in [0, 0.05) is 17.6 Å². The lowest BCUT2D eigenvalue weighted by Gasteiger charge is -2.18. The maximum absolute atomic E-state index is 12.9. The molecule has 146 valence electrons. The summed E-state index contributed by atoms with van der Waals surface area (Å²) in [5.74, 6) is -0.113. The molecule has 0 saturated heterocycles. The number of carbonyl (C=O) groups excluding carboxylic acids is 1. The number of fused-ring (bicyclic) bond motifs is 1. The van der Waals surface area contributed by atoms with E-state index in [-0.39, 0.29) is 17.5 Å². The fourth-order valence-corrected chi connectivity index (χ4v) is 4.00.